The molecule has 1 aromatic heterocycles. The Balaban J connectivity index is 2.30. The Labute approximate surface area is 159 Å². The van der Waals surface area contributed by atoms with Crippen LogP contribution in [0.5, 0.6) is 5.75 Å². The fraction of sp³-hybridized carbons (Fsp3) is 0.412. The minimum Gasteiger partial charge on any atom is -0.496 e. The third kappa shape index (κ3) is 5.52. The molecule has 8 nitrogen and oxygen atoms in total. The molecule has 1 amide bonds. The molecule has 1 unspecified atom stereocenters. The summed E-state index contributed by atoms with van der Waals surface area (Å²) >= 11 is 0. The number of anilines is 2. The van der Waals surface area contributed by atoms with Gasteiger partial charge in [0.25, 0.3) is 5.91 Å². The number of nitrogens with zero attached hydrogens (tertiary/aromatic N) is 3. The summed E-state index contributed by atoms with van der Waals surface area (Å²) in [6, 6.07) is 4.95. The summed E-state index contributed by atoms with van der Waals surface area (Å²) in [5, 5.41) is 4.95. The first kappa shape index (κ1) is 21.4. The van der Waals surface area contributed by atoms with Crippen molar-refractivity contribution in [3.63, 3.8) is 0 Å². The monoisotopic (exact) mass is 399 g/mol. The van der Waals surface area contributed by atoms with Gasteiger partial charge in [0.2, 0.25) is 17.7 Å². The van der Waals surface area contributed by atoms with Crippen molar-refractivity contribution in [2.75, 3.05) is 31.5 Å². The number of nitrogens with one attached hydrogen (secondary N) is 2. The molecule has 0 spiro atoms. The third-order valence-electron chi connectivity index (χ3n) is 3.68. The van der Waals surface area contributed by atoms with Gasteiger partial charge >= 0.3 is 6.18 Å². The maximum atomic E-state index is 13.1. The van der Waals surface area contributed by atoms with E-state index in [1.54, 1.807) is 26.2 Å². The van der Waals surface area contributed by atoms with Crippen LogP contribution in [0, 0.1) is 6.92 Å². The van der Waals surface area contributed by atoms with Crippen LogP contribution in [0.25, 0.3) is 0 Å². The van der Waals surface area contributed by atoms with E-state index in [9.17, 15) is 18.0 Å². The largest absolute Gasteiger partial charge is 0.496 e. The summed E-state index contributed by atoms with van der Waals surface area (Å²) < 4.78 is 49.1. The maximum Gasteiger partial charge on any atom is 0.451 e. The second-order valence-electron chi connectivity index (χ2n) is 5.88. The molecular formula is C17H20F3N5O3. The molecule has 2 rings (SSSR count). The first-order valence-electron chi connectivity index (χ1n) is 8.17. The van der Waals surface area contributed by atoms with Crippen LogP contribution in [0.1, 0.15) is 29.9 Å². The number of alkyl halides is 3. The van der Waals surface area contributed by atoms with E-state index in [4.69, 9.17) is 4.74 Å². The number of methoxy groups -OCH3 is 2. The first-order valence-corrected chi connectivity index (χ1v) is 8.17. The fourth-order valence-electron chi connectivity index (χ4n) is 2.36. The van der Waals surface area contributed by atoms with Crippen molar-refractivity contribution in [3.8, 4) is 5.75 Å². The minimum atomic E-state index is -4.81. The highest BCUT2D eigenvalue weighted by atomic mass is 19.4. The minimum absolute atomic E-state index is 0.323. The van der Waals surface area contributed by atoms with E-state index in [0.717, 1.165) is 11.1 Å². The standard InChI is InChI=1S/C17H20F3N5O3/c1-9-7-11(5-6-12(9)28-4)10(2)21-15-23-14(17(18,19)20)24-16(25-15)22-13(26)8-27-3/h5-7,10H,8H2,1-4H3,(H2,21,22,23,24,25,26). The Hall–Kier alpha value is -2.95. The molecule has 0 aliphatic carbocycles. The second-order valence-corrected chi connectivity index (χ2v) is 5.88. The van der Waals surface area contributed by atoms with Crippen LogP contribution in [-0.2, 0) is 15.7 Å². The molecule has 1 heterocycles. The Morgan fingerprint density at radius 1 is 1.18 bits per heavy atom. The number of halogens is 3. The molecule has 28 heavy (non-hydrogen) atoms. The van der Waals surface area contributed by atoms with Crippen LogP contribution < -0.4 is 15.4 Å². The highest BCUT2D eigenvalue weighted by Crippen LogP contribution is 2.29. The van der Waals surface area contributed by atoms with E-state index in [2.05, 4.69) is 30.3 Å². The summed E-state index contributed by atoms with van der Waals surface area (Å²) in [6.07, 6.45) is -4.81. The number of ether oxygens (including phenoxy) is 2. The predicted molar refractivity (Wildman–Crippen MR) is 95.1 cm³/mol. The van der Waals surface area contributed by atoms with Gasteiger partial charge in [0, 0.05) is 7.11 Å². The van der Waals surface area contributed by atoms with Gasteiger partial charge in [-0.3, -0.25) is 10.1 Å². The zero-order valence-electron chi connectivity index (χ0n) is 15.7. The molecule has 1 aromatic carbocycles. The van der Waals surface area contributed by atoms with Gasteiger partial charge in [0.1, 0.15) is 12.4 Å². The van der Waals surface area contributed by atoms with Gasteiger partial charge in [-0.25, -0.2) is 0 Å². The number of hydrogen-bond donors (Lipinski definition) is 2. The second kappa shape index (κ2) is 8.83. The summed E-state index contributed by atoms with van der Waals surface area (Å²) in [7, 11) is 2.83. The van der Waals surface area contributed by atoms with Crippen LogP contribution in [0.2, 0.25) is 0 Å². The van der Waals surface area contributed by atoms with E-state index < -0.39 is 29.9 Å². The van der Waals surface area contributed by atoms with E-state index >= 15 is 0 Å². The van der Waals surface area contributed by atoms with Crippen LogP contribution >= 0.6 is 0 Å². The van der Waals surface area contributed by atoms with Crippen LogP contribution in [-0.4, -0.2) is 41.7 Å². The molecule has 0 radical (unpaired) electrons. The lowest BCUT2D eigenvalue weighted by molar-refractivity contribution is -0.145. The van der Waals surface area contributed by atoms with Crippen molar-refractivity contribution in [2.24, 2.45) is 0 Å². The number of aromatic nitrogens is 3. The number of hydrogen-bond acceptors (Lipinski definition) is 7. The third-order valence-corrected chi connectivity index (χ3v) is 3.68. The number of rotatable bonds is 7. The normalized spacial score (nSPS) is 12.4. The van der Waals surface area contributed by atoms with Crippen LogP contribution in [0.3, 0.4) is 0 Å². The Bertz CT molecular complexity index is 845. The van der Waals surface area contributed by atoms with Gasteiger partial charge in [-0.05, 0) is 31.0 Å². The summed E-state index contributed by atoms with van der Waals surface area (Å²) in [6.45, 7) is 3.24. The molecule has 1 atom stereocenters. The molecule has 0 aliphatic heterocycles. The molecular weight excluding hydrogens is 379 g/mol. The summed E-state index contributed by atoms with van der Waals surface area (Å²) in [5.74, 6) is -2.26. The molecule has 0 saturated heterocycles. The van der Waals surface area contributed by atoms with Crippen LogP contribution in [0.4, 0.5) is 25.1 Å². The van der Waals surface area contributed by atoms with Crippen molar-refractivity contribution < 1.29 is 27.4 Å². The molecule has 2 N–H and O–H groups in total. The number of carbonyl (C=O) groups excluding carboxylic acids is 1. The van der Waals surface area contributed by atoms with Gasteiger partial charge in [0.05, 0.1) is 13.2 Å². The average molecular weight is 399 g/mol. The molecule has 0 fully saturated rings. The topological polar surface area (TPSA) is 98.3 Å². The maximum absolute atomic E-state index is 13.1. The Morgan fingerprint density at radius 2 is 1.86 bits per heavy atom. The summed E-state index contributed by atoms with van der Waals surface area (Å²) in [4.78, 5) is 22.1. The van der Waals surface area contributed by atoms with Gasteiger partial charge < -0.3 is 14.8 Å². The van der Waals surface area contributed by atoms with Crippen molar-refractivity contribution in [1.82, 2.24) is 15.0 Å². The van der Waals surface area contributed by atoms with Crippen molar-refractivity contribution in [3.05, 3.63) is 35.2 Å². The number of benzene rings is 1. The Kier molecular flexibility index (Phi) is 6.73. The van der Waals surface area contributed by atoms with Gasteiger partial charge in [-0.2, -0.15) is 28.1 Å². The lowest BCUT2D eigenvalue weighted by Crippen LogP contribution is -2.22. The average Bonchev–Trinajstić information content (AvgIpc) is 2.60. The summed E-state index contributed by atoms with van der Waals surface area (Å²) in [5.41, 5.74) is 1.66. The highest BCUT2D eigenvalue weighted by molar-refractivity contribution is 5.90. The zero-order valence-corrected chi connectivity index (χ0v) is 15.7. The highest BCUT2D eigenvalue weighted by Gasteiger charge is 2.36. The van der Waals surface area contributed by atoms with Crippen molar-refractivity contribution in [1.29, 1.82) is 0 Å². The fourth-order valence-corrected chi connectivity index (χ4v) is 2.36. The van der Waals surface area contributed by atoms with Crippen LogP contribution in [0.15, 0.2) is 18.2 Å². The van der Waals surface area contributed by atoms with Crippen molar-refractivity contribution in [2.45, 2.75) is 26.1 Å². The van der Waals surface area contributed by atoms with E-state index in [1.165, 1.54) is 7.11 Å². The van der Waals surface area contributed by atoms with E-state index in [1.807, 2.05) is 13.0 Å². The lowest BCUT2D eigenvalue weighted by atomic mass is 10.1. The van der Waals surface area contributed by atoms with Gasteiger partial charge in [0.15, 0.2) is 0 Å². The van der Waals surface area contributed by atoms with Crippen molar-refractivity contribution >= 4 is 17.8 Å². The first-order chi connectivity index (χ1) is 13.1. The predicted octanol–water partition coefficient (Wildman–Crippen LogP) is 2.97. The number of aryl methyl sites for hydroxylation is 1. The molecule has 152 valence electrons. The van der Waals surface area contributed by atoms with Gasteiger partial charge in [-0.15, -0.1) is 0 Å². The SMILES string of the molecule is COCC(=O)Nc1nc(NC(C)c2ccc(OC)c(C)c2)nc(C(F)(F)F)n1. The van der Waals surface area contributed by atoms with Gasteiger partial charge in [-0.1, -0.05) is 12.1 Å². The molecule has 0 aliphatic rings. The molecule has 0 saturated carbocycles. The molecule has 11 heteroatoms. The number of amides is 1. The van der Waals surface area contributed by atoms with E-state index in [0.29, 0.717) is 5.75 Å². The quantitative estimate of drug-likeness (QED) is 0.739. The Morgan fingerprint density at radius 3 is 2.43 bits per heavy atom. The lowest BCUT2D eigenvalue weighted by Gasteiger charge is -2.17. The molecule has 0 bridgehead atoms. The van der Waals surface area contributed by atoms with E-state index in [-0.39, 0.29) is 12.6 Å². The number of carbonyl (C=O) groups is 1. The molecule has 2 aromatic rings. The zero-order chi connectivity index (χ0) is 20.9. The smallest absolute Gasteiger partial charge is 0.451 e.